The molecule has 106 valence electrons. The minimum absolute atomic E-state index is 0.167. The van der Waals surface area contributed by atoms with Crippen molar-refractivity contribution in [3.05, 3.63) is 29.8 Å². The number of rotatable bonds is 4. The molecule has 2 N–H and O–H groups in total. The molecule has 0 bridgehead atoms. The van der Waals surface area contributed by atoms with Crippen molar-refractivity contribution >= 4 is 34.6 Å². The molecule has 1 aromatic rings. The highest BCUT2D eigenvalue weighted by atomic mass is 32.2. The molecule has 1 aliphatic heterocycles. The number of carboxylic acids is 1. The molecule has 1 atom stereocenters. The minimum Gasteiger partial charge on any atom is -0.478 e. The lowest BCUT2D eigenvalue weighted by Gasteiger charge is -2.18. The van der Waals surface area contributed by atoms with Crippen molar-refractivity contribution in [3.8, 4) is 0 Å². The van der Waals surface area contributed by atoms with Gasteiger partial charge in [0, 0.05) is 11.7 Å². The standard InChI is InChI=1S/C13H14N2O4S/c1-7(2)15-11(16)10(20-13(15)19)14-9-5-3-8(4-6-9)12(17)18/h3-7,10,14H,1-2H3,(H,17,18). The number of amides is 2. The molecule has 1 unspecified atom stereocenters. The number of carboxylic acid groups (broad SMARTS) is 1. The third-order valence-corrected chi connectivity index (χ3v) is 3.78. The highest BCUT2D eigenvalue weighted by Crippen LogP contribution is 2.29. The Balaban J connectivity index is 2.09. The number of carbonyl (C=O) groups is 3. The lowest BCUT2D eigenvalue weighted by atomic mass is 10.2. The smallest absolute Gasteiger partial charge is 0.335 e. The average molecular weight is 294 g/mol. The van der Waals surface area contributed by atoms with Crippen LogP contribution < -0.4 is 5.32 Å². The van der Waals surface area contributed by atoms with Gasteiger partial charge in [-0.25, -0.2) is 4.79 Å². The third-order valence-electron chi connectivity index (χ3n) is 2.82. The van der Waals surface area contributed by atoms with Crippen molar-refractivity contribution in [3.63, 3.8) is 0 Å². The zero-order valence-electron chi connectivity index (χ0n) is 11.0. The predicted octanol–water partition coefficient (Wildman–Crippen LogP) is 2.23. The van der Waals surface area contributed by atoms with Crippen LogP contribution >= 0.6 is 11.8 Å². The second-order valence-corrected chi connectivity index (χ2v) is 5.65. The predicted molar refractivity (Wildman–Crippen MR) is 75.8 cm³/mol. The fourth-order valence-electron chi connectivity index (χ4n) is 1.84. The van der Waals surface area contributed by atoms with Gasteiger partial charge < -0.3 is 10.4 Å². The lowest BCUT2D eigenvalue weighted by Crippen LogP contribution is -2.38. The van der Waals surface area contributed by atoms with Gasteiger partial charge >= 0.3 is 5.97 Å². The largest absolute Gasteiger partial charge is 0.478 e. The van der Waals surface area contributed by atoms with Gasteiger partial charge in [0.1, 0.15) is 0 Å². The molecular formula is C13H14N2O4S. The summed E-state index contributed by atoms with van der Waals surface area (Å²) in [6.45, 7) is 3.56. The van der Waals surface area contributed by atoms with Crippen molar-refractivity contribution in [2.45, 2.75) is 25.3 Å². The van der Waals surface area contributed by atoms with Gasteiger partial charge in [-0.2, -0.15) is 0 Å². The van der Waals surface area contributed by atoms with Gasteiger partial charge in [-0.1, -0.05) is 0 Å². The van der Waals surface area contributed by atoms with Crippen molar-refractivity contribution in [2.24, 2.45) is 0 Å². The molecule has 1 heterocycles. The second kappa shape index (κ2) is 5.54. The molecule has 1 fully saturated rings. The summed E-state index contributed by atoms with van der Waals surface area (Å²) in [6, 6.07) is 5.84. The van der Waals surface area contributed by atoms with Gasteiger partial charge in [-0.3, -0.25) is 14.5 Å². The van der Waals surface area contributed by atoms with Crippen LogP contribution in [-0.4, -0.2) is 38.5 Å². The SMILES string of the molecule is CC(C)N1C(=O)SC(Nc2ccc(C(=O)O)cc2)C1=O. The van der Waals surface area contributed by atoms with Crippen molar-refractivity contribution < 1.29 is 19.5 Å². The van der Waals surface area contributed by atoms with Crippen LogP contribution in [0.5, 0.6) is 0 Å². The highest BCUT2D eigenvalue weighted by Gasteiger charge is 2.40. The number of thioether (sulfide) groups is 1. The molecule has 6 nitrogen and oxygen atoms in total. The fourth-order valence-corrected chi connectivity index (χ4v) is 2.87. The van der Waals surface area contributed by atoms with Crippen molar-refractivity contribution in [1.82, 2.24) is 4.90 Å². The van der Waals surface area contributed by atoms with E-state index in [1.807, 2.05) is 0 Å². The van der Waals surface area contributed by atoms with E-state index in [1.54, 1.807) is 26.0 Å². The normalized spacial score (nSPS) is 18.8. The van der Waals surface area contributed by atoms with E-state index in [-0.39, 0.29) is 22.8 Å². The molecule has 20 heavy (non-hydrogen) atoms. The Morgan fingerprint density at radius 1 is 1.30 bits per heavy atom. The first-order chi connectivity index (χ1) is 9.40. The fraction of sp³-hybridized carbons (Fsp3) is 0.308. The molecule has 0 saturated carbocycles. The van der Waals surface area contributed by atoms with Crippen LogP contribution in [0.2, 0.25) is 0 Å². The van der Waals surface area contributed by atoms with E-state index >= 15 is 0 Å². The summed E-state index contributed by atoms with van der Waals surface area (Å²) in [4.78, 5) is 35.7. The van der Waals surface area contributed by atoms with Gasteiger partial charge in [0.15, 0.2) is 5.37 Å². The van der Waals surface area contributed by atoms with Gasteiger partial charge in [0.25, 0.3) is 11.1 Å². The Bertz CT molecular complexity index is 556. The number of anilines is 1. The van der Waals surface area contributed by atoms with E-state index in [4.69, 9.17) is 5.11 Å². The summed E-state index contributed by atoms with van der Waals surface area (Å²) in [5, 5.41) is 10.8. The molecule has 1 saturated heterocycles. The van der Waals surface area contributed by atoms with Gasteiger partial charge in [-0.05, 0) is 49.9 Å². The van der Waals surface area contributed by atoms with E-state index in [2.05, 4.69) is 5.32 Å². The topological polar surface area (TPSA) is 86.7 Å². The summed E-state index contributed by atoms with van der Waals surface area (Å²) >= 11 is 0.925. The zero-order valence-corrected chi connectivity index (χ0v) is 11.8. The molecule has 2 rings (SSSR count). The maximum absolute atomic E-state index is 12.1. The summed E-state index contributed by atoms with van der Waals surface area (Å²) in [7, 11) is 0. The zero-order chi connectivity index (χ0) is 14.9. The number of aromatic carboxylic acids is 1. The Labute approximate surface area is 120 Å². The summed E-state index contributed by atoms with van der Waals surface area (Å²) in [5.41, 5.74) is 0.764. The molecule has 7 heteroatoms. The maximum atomic E-state index is 12.1. The Morgan fingerprint density at radius 2 is 1.90 bits per heavy atom. The van der Waals surface area contributed by atoms with E-state index in [0.29, 0.717) is 5.69 Å². The molecule has 0 aromatic heterocycles. The molecule has 0 spiro atoms. The van der Waals surface area contributed by atoms with E-state index in [0.717, 1.165) is 11.8 Å². The average Bonchev–Trinajstić information content (AvgIpc) is 2.65. The third kappa shape index (κ3) is 2.77. The van der Waals surface area contributed by atoms with Crippen LogP contribution in [-0.2, 0) is 4.79 Å². The number of benzene rings is 1. The minimum atomic E-state index is -1.01. The highest BCUT2D eigenvalue weighted by molar-refractivity contribution is 8.15. The van der Waals surface area contributed by atoms with Crippen molar-refractivity contribution in [1.29, 1.82) is 0 Å². The van der Waals surface area contributed by atoms with Crippen molar-refractivity contribution in [2.75, 3.05) is 5.32 Å². The number of hydrogen-bond acceptors (Lipinski definition) is 5. The molecule has 1 aromatic carbocycles. The number of carbonyl (C=O) groups excluding carboxylic acids is 2. The van der Waals surface area contributed by atoms with Gasteiger partial charge in [-0.15, -0.1) is 0 Å². The second-order valence-electron chi connectivity index (χ2n) is 4.59. The summed E-state index contributed by atoms with van der Waals surface area (Å²) in [6.07, 6.45) is 0. The monoisotopic (exact) mass is 294 g/mol. The first kappa shape index (κ1) is 14.4. The molecule has 1 aliphatic rings. The lowest BCUT2D eigenvalue weighted by molar-refractivity contribution is -0.127. The van der Waals surface area contributed by atoms with Crippen LogP contribution in [0.15, 0.2) is 24.3 Å². The first-order valence-electron chi connectivity index (χ1n) is 6.03. The molecule has 2 amide bonds. The van der Waals surface area contributed by atoms with E-state index in [9.17, 15) is 14.4 Å². The summed E-state index contributed by atoms with van der Waals surface area (Å²) in [5.74, 6) is -1.29. The van der Waals surface area contributed by atoms with Crippen LogP contribution in [0.4, 0.5) is 10.5 Å². The van der Waals surface area contributed by atoms with E-state index < -0.39 is 11.3 Å². The maximum Gasteiger partial charge on any atom is 0.335 e. The Hall–Kier alpha value is -2.02. The number of nitrogens with one attached hydrogen (secondary N) is 1. The van der Waals surface area contributed by atoms with Crippen LogP contribution in [0, 0.1) is 0 Å². The molecular weight excluding hydrogens is 280 g/mol. The van der Waals surface area contributed by atoms with E-state index in [1.165, 1.54) is 17.0 Å². The summed E-state index contributed by atoms with van der Waals surface area (Å²) < 4.78 is 0. The first-order valence-corrected chi connectivity index (χ1v) is 6.91. The van der Waals surface area contributed by atoms with Gasteiger partial charge in [0.2, 0.25) is 0 Å². The number of hydrogen-bond donors (Lipinski definition) is 2. The van der Waals surface area contributed by atoms with Gasteiger partial charge in [0.05, 0.1) is 5.56 Å². The van der Waals surface area contributed by atoms with Crippen LogP contribution in [0.3, 0.4) is 0 Å². The molecule has 0 aliphatic carbocycles. The molecule has 0 radical (unpaired) electrons. The Kier molecular flexibility index (Phi) is 3.99. The van der Waals surface area contributed by atoms with Crippen LogP contribution in [0.1, 0.15) is 24.2 Å². The quantitative estimate of drug-likeness (QED) is 0.885. The number of nitrogens with zero attached hydrogens (tertiary/aromatic N) is 1. The van der Waals surface area contributed by atoms with Crippen LogP contribution in [0.25, 0.3) is 0 Å². The number of imide groups is 1. The Morgan fingerprint density at radius 3 is 2.35 bits per heavy atom.